The predicted molar refractivity (Wildman–Crippen MR) is 88.8 cm³/mol. The van der Waals surface area contributed by atoms with Crippen LogP contribution >= 0.6 is 11.3 Å². The van der Waals surface area contributed by atoms with Gasteiger partial charge in [0.25, 0.3) is 5.91 Å². The van der Waals surface area contributed by atoms with Crippen LogP contribution in [0.4, 0.5) is 5.13 Å². The van der Waals surface area contributed by atoms with Gasteiger partial charge in [-0.1, -0.05) is 12.1 Å². The van der Waals surface area contributed by atoms with Gasteiger partial charge >= 0.3 is 0 Å². The van der Waals surface area contributed by atoms with Crippen molar-refractivity contribution in [1.82, 2.24) is 9.71 Å². The van der Waals surface area contributed by atoms with Gasteiger partial charge in [0.15, 0.2) is 5.13 Å². The summed E-state index contributed by atoms with van der Waals surface area (Å²) < 4.78 is 26.1. The molecule has 0 bridgehead atoms. The van der Waals surface area contributed by atoms with Gasteiger partial charge in [-0.25, -0.2) is 18.1 Å². The Hall–Kier alpha value is -2.23. The summed E-state index contributed by atoms with van der Waals surface area (Å²) >= 11 is 1.29. The Labute approximate surface area is 137 Å². The lowest BCUT2D eigenvalue weighted by molar-refractivity contribution is -0.111. The molecule has 1 amide bonds. The Balaban J connectivity index is 2.29. The molecular formula is C14H15N3O4S2. The van der Waals surface area contributed by atoms with E-state index in [9.17, 15) is 18.3 Å². The van der Waals surface area contributed by atoms with Gasteiger partial charge in [0.05, 0.1) is 4.90 Å². The third-order valence-corrected chi connectivity index (χ3v) is 5.14. The van der Waals surface area contributed by atoms with Gasteiger partial charge in [-0.15, -0.1) is 11.3 Å². The molecule has 2 rings (SSSR count). The maximum absolute atomic E-state index is 11.9. The molecule has 0 unspecified atom stereocenters. The van der Waals surface area contributed by atoms with E-state index in [1.807, 2.05) is 6.92 Å². The van der Waals surface area contributed by atoms with Crippen LogP contribution in [0.5, 0.6) is 0 Å². The molecule has 0 saturated carbocycles. The first kappa shape index (κ1) is 17.1. The van der Waals surface area contributed by atoms with Gasteiger partial charge < -0.3 is 5.11 Å². The fourth-order valence-corrected chi connectivity index (χ4v) is 3.39. The van der Waals surface area contributed by atoms with Crippen LogP contribution in [0.3, 0.4) is 0 Å². The SMILES string of the molecule is CNS(=O)(=O)c1ccccc1/C(O)=C/C(=O)Nc1ncc(C)s1. The standard InChI is InChI=1S/C14H15N3O4S2/c1-9-8-16-14(22-9)17-13(19)7-11(18)10-5-3-4-6-12(10)23(20,21)15-2/h3-8,15,18H,1-2H3,(H,16,17,19)/b11-7-. The number of carbonyl (C=O) groups is 1. The van der Waals surface area contributed by atoms with E-state index in [1.165, 1.54) is 36.6 Å². The van der Waals surface area contributed by atoms with E-state index in [0.717, 1.165) is 11.0 Å². The lowest BCUT2D eigenvalue weighted by Gasteiger charge is -2.08. The average Bonchev–Trinajstić information content (AvgIpc) is 2.92. The molecule has 1 aromatic carbocycles. The van der Waals surface area contributed by atoms with Crippen LogP contribution in [0.15, 0.2) is 41.4 Å². The fourth-order valence-electron chi connectivity index (χ4n) is 1.78. The molecule has 1 heterocycles. The molecule has 1 aromatic heterocycles. The average molecular weight is 353 g/mol. The van der Waals surface area contributed by atoms with E-state index in [1.54, 1.807) is 12.3 Å². The van der Waals surface area contributed by atoms with Crippen LogP contribution in [-0.2, 0) is 14.8 Å². The Morgan fingerprint density at radius 3 is 2.65 bits per heavy atom. The maximum atomic E-state index is 11.9. The first-order valence-corrected chi connectivity index (χ1v) is 8.80. The summed E-state index contributed by atoms with van der Waals surface area (Å²) in [5.41, 5.74) is 0.0346. The van der Waals surface area contributed by atoms with Crippen molar-refractivity contribution in [2.45, 2.75) is 11.8 Å². The Bertz CT molecular complexity index is 856. The number of amides is 1. The van der Waals surface area contributed by atoms with E-state index in [4.69, 9.17) is 0 Å². The number of aryl methyl sites for hydroxylation is 1. The number of hydrogen-bond donors (Lipinski definition) is 3. The first-order valence-electron chi connectivity index (χ1n) is 6.50. The van der Waals surface area contributed by atoms with Gasteiger partial charge in [-0.2, -0.15) is 0 Å². The van der Waals surface area contributed by atoms with Gasteiger partial charge in [-0.3, -0.25) is 10.1 Å². The minimum atomic E-state index is -3.76. The third kappa shape index (κ3) is 4.15. The normalized spacial score (nSPS) is 12.2. The highest BCUT2D eigenvalue weighted by Crippen LogP contribution is 2.22. The van der Waals surface area contributed by atoms with Crippen LogP contribution in [0.1, 0.15) is 10.4 Å². The molecule has 7 nitrogen and oxygen atoms in total. The van der Waals surface area contributed by atoms with Gasteiger partial charge in [0.2, 0.25) is 10.0 Å². The molecule has 0 radical (unpaired) electrons. The number of nitrogens with one attached hydrogen (secondary N) is 2. The first-order chi connectivity index (χ1) is 10.8. The summed E-state index contributed by atoms with van der Waals surface area (Å²) in [7, 11) is -2.49. The Morgan fingerprint density at radius 1 is 1.35 bits per heavy atom. The lowest BCUT2D eigenvalue weighted by atomic mass is 10.2. The number of carbonyl (C=O) groups excluding carboxylic acids is 1. The van der Waals surface area contributed by atoms with Crippen molar-refractivity contribution in [1.29, 1.82) is 0 Å². The van der Waals surface area contributed by atoms with E-state index < -0.39 is 21.7 Å². The van der Waals surface area contributed by atoms with Crippen molar-refractivity contribution in [3.8, 4) is 0 Å². The van der Waals surface area contributed by atoms with Crippen molar-refractivity contribution in [3.63, 3.8) is 0 Å². The summed E-state index contributed by atoms with van der Waals surface area (Å²) in [4.78, 5) is 16.7. The highest BCUT2D eigenvalue weighted by molar-refractivity contribution is 7.89. The molecule has 122 valence electrons. The molecule has 0 fully saturated rings. The molecule has 9 heteroatoms. The topological polar surface area (TPSA) is 108 Å². The number of aromatic nitrogens is 1. The van der Waals surface area contributed by atoms with Crippen molar-refractivity contribution in [2.75, 3.05) is 12.4 Å². The summed E-state index contributed by atoms with van der Waals surface area (Å²) in [5.74, 6) is -1.06. The quantitative estimate of drug-likeness (QED) is 0.562. The number of rotatable bonds is 5. The molecule has 0 spiro atoms. The molecular weight excluding hydrogens is 338 g/mol. The minimum absolute atomic E-state index is 0.0346. The smallest absolute Gasteiger partial charge is 0.253 e. The summed E-state index contributed by atoms with van der Waals surface area (Å²) in [6, 6.07) is 5.85. The van der Waals surface area contributed by atoms with Crippen LogP contribution in [0.25, 0.3) is 5.76 Å². The Kier molecular flexibility index (Phi) is 5.14. The molecule has 2 aromatic rings. The molecule has 23 heavy (non-hydrogen) atoms. The van der Waals surface area contributed by atoms with Crippen molar-refractivity contribution in [3.05, 3.63) is 47.0 Å². The van der Waals surface area contributed by atoms with Crippen molar-refractivity contribution in [2.24, 2.45) is 0 Å². The molecule has 0 saturated heterocycles. The second kappa shape index (κ2) is 6.90. The monoisotopic (exact) mass is 353 g/mol. The van der Waals surface area contributed by atoms with Crippen LogP contribution in [0.2, 0.25) is 0 Å². The van der Waals surface area contributed by atoms with Gasteiger partial charge in [0, 0.05) is 22.7 Å². The third-order valence-electron chi connectivity index (χ3n) is 2.84. The minimum Gasteiger partial charge on any atom is -0.507 e. The maximum Gasteiger partial charge on any atom is 0.253 e. The highest BCUT2D eigenvalue weighted by Gasteiger charge is 2.18. The number of hydrogen-bond acceptors (Lipinski definition) is 6. The zero-order valence-corrected chi connectivity index (χ0v) is 14.0. The number of anilines is 1. The zero-order valence-electron chi connectivity index (χ0n) is 12.4. The number of nitrogens with zero attached hydrogens (tertiary/aromatic N) is 1. The van der Waals surface area contributed by atoms with Crippen LogP contribution < -0.4 is 10.0 Å². The molecule has 3 N–H and O–H groups in total. The van der Waals surface area contributed by atoms with Crippen molar-refractivity contribution >= 4 is 38.2 Å². The fraction of sp³-hybridized carbons (Fsp3) is 0.143. The van der Waals surface area contributed by atoms with Gasteiger partial charge in [-0.05, 0) is 26.1 Å². The number of benzene rings is 1. The molecule has 0 aliphatic heterocycles. The summed E-state index contributed by atoms with van der Waals surface area (Å²) in [6.07, 6.45) is 2.53. The summed E-state index contributed by atoms with van der Waals surface area (Å²) in [5, 5.41) is 13.0. The number of sulfonamides is 1. The van der Waals surface area contributed by atoms with E-state index in [-0.39, 0.29) is 10.5 Å². The largest absolute Gasteiger partial charge is 0.507 e. The lowest BCUT2D eigenvalue weighted by Crippen LogP contribution is -2.20. The molecule has 0 aliphatic rings. The zero-order chi connectivity index (χ0) is 17.0. The van der Waals surface area contributed by atoms with E-state index in [2.05, 4.69) is 15.0 Å². The van der Waals surface area contributed by atoms with E-state index in [0.29, 0.717) is 5.13 Å². The van der Waals surface area contributed by atoms with Crippen molar-refractivity contribution < 1.29 is 18.3 Å². The van der Waals surface area contributed by atoms with Gasteiger partial charge in [0.1, 0.15) is 5.76 Å². The molecule has 0 atom stereocenters. The predicted octanol–water partition coefficient (Wildman–Crippen LogP) is 1.90. The second-order valence-electron chi connectivity index (χ2n) is 4.50. The number of thiazole rings is 1. The Morgan fingerprint density at radius 2 is 2.04 bits per heavy atom. The second-order valence-corrected chi connectivity index (χ2v) is 7.59. The highest BCUT2D eigenvalue weighted by atomic mass is 32.2. The number of aliphatic hydroxyl groups is 1. The number of aliphatic hydroxyl groups excluding tert-OH is 1. The molecule has 0 aliphatic carbocycles. The van der Waals surface area contributed by atoms with Crippen LogP contribution in [0, 0.1) is 6.92 Å². The summed E-state index contributed by atoms with van der Waals surface area (Å²) in [6.45, 7) is 1.85. The van der Waals surface area contributed by atoms with E-state index >= 15 is 0 Å². The van der Waals surface area contributed by atoms with Crippen LogP contribution in [-0.4, -0.2) is 31.5 Å².